The Balaban J connectivity index is 1.92. The number of fused-ring (bicyclic) bond motifs is 2. The molecule has 0 fully saturated rings. The van der Waals surface area contributed by atoms with Crippen molar-refractivity contribution in [1.29, 1.82) is 0 Å². The highest BCUT2D eigenvalue weighted by molar-refractivity contribution is 9.10. The number of hydrogen-bond donors (Lipinski definition) is 1. The van der Waals surface area contributed by atoms with Crippen LogP contribution in [-0.4, -0.2) is 21.1 Å². The first-order chi connectivity index (χ1) is 9.31. The molecular weight excluding hydrogens is 304 g/mol. The number of benzene rings is 1. The van der Waals surface area contributed by atoms with Crippen molar-refractivity contribution in [3.8, 4) is 11.4 Å². The third-order valence-corrected chi connectivity index (χ3v) is 3.91. The Kier molecular flexibility index (Phi) is 2.35. The number of pyridine rings is 1. The predicted octanol–water partition coefficient (Wildman–Crippen LogP) is 3.13. The average Bonchev–Trinajstić information content (AvgIpc) is 3.03. The molecule has 0 unspecified atom stereocenters. The first-order valence-electron chi connectivity index (χ1n) is 6.19. The Labute approximate surface area is 118 Å². The number of nitrogens with zero attached hydrogens (tertiary/aromatic N) is 3. The summed E-state index contributed by atoms with van der Waals surface area (Å²) in [5.74, 6) is 0.868. The molecule has 3 aromatic rings. The SMILES string of the molecule is Brc1ccc2nnc(-c3ccc4c(c3)NCC4)n2c1. The van der Waals surface area contributed by atoms with E-state index in [1.807, 2.05) is 22.7 Å². The molecule has 19 heavy (non-hydrogen) atoms. The zero-order chi connectivity index (χ0) is 12.8. The van der Waals surface area contributed by atoms with Gasteiger partial charge < -0.3 is 5.32 Å². The van der Waals surface area contributed by atoms with E-state index in [0.29, 0.717) is 0 Å². The van der Waals surface area contributed by atoms with Crippen molar-refractivity contribution >= 4 is 27.3 Å². The summed E-state index contributed by atoms with van der Waals surface area (Å²) >= 11 is 3.48. The second-order valence-corrected chi connectivity index (χ2v) is 5.56. The van der Waals surface area contributed by atoms with Crippen LogP contribution in [-0.2, 0) is 6.42 Å². The van der Waals surface area contributed by atoms with Gasteiger partial charge in [-0.2, -0.15) is 0 Å². The van der Waals surface area contributed by atoms with Crippen molar-refractivity contribution in [3.63, 3.8) is 0 Å². The van der Waals surface area contributed by atoms with Crippen molar-refractivity contribution in [2.45, 2.75) is 6.42 Å². The molecule has 4 rings (SSSR count). The van der Waals surface area contributed by atoms with Gasteiger partial charge in [0.2, 0.25) is 0 Å². The van der Waals surface area contributed by atoms with Gasteiger partial charge in [-0.25, -0.2) is 0 Å². The molecule has 0 radical (unpaired) electrons. The van der Waals surface area contributed by atoms with Crippen LogP contribution in [0.25, 0.3) is 17.0 Å². The highest BCUT2D eigenvalue weighted by Gasteiger charge is 2.13. The maximum Gasteiger partial charge on any atom is 0.168 e. The predicted molar refractivity (Wildman–Crippen MR) is 78.3 cm³/mol. The molecule has 0 saturated heterocycles. The molecule has 3 heterocycles. The summed E-state index contributed by atoms with van der Waals surface area (Å²) in [4.78, 5) is 0. The van der Waals surface area contributed by atoms with Crippen molar-refractivity contribution < 1.29 is 0 Å². The van der Waals surface area contributed by atoms with E-state index in [1.165, 1.54) is 11.3 Å². The molecule has 0 saturated carbocycles. The van der Waals surface area contributed by atoms with Gasteiger partial charge in [-0.15, -0.1) is 10.2 Å². The molecule has 1 aliphatic rings. The van der Waals surface area contributed by atoms with Crippen molar-refractivity contribution in [2.24, 2.45) is 0 Å². The van der Waals surface area contributed by atoms with E-state index in [-0.39, 0.29) is 0 Å². The zero-order valence-electron chi connectivity index (χ0n) is 10.1. The molecule has 1 N–H and O–H groups in total. The third-order valence-electron chi connectivity index (χ3n) is 3.44. The minimum atomic E-state index is 0.853. The van der Waals surface area contributed by atoms with Gasteiger partial charge in [0.1, 0.15) is 0 Å². The fraction of sp³-hybridized carbons (Fsp3) is 0.143. The summed E-state index contributed by atoms with van der Waals surface area (Å²) in [6.45, 7) is 1.02. The van der Waals surface area contributed by atoms with Gasteiger partial charge in [0, 0.05) is 28.5 Å². The van der Waals surface area contributed by atoms with Crippen molar-refractivity contribution in [3.05, 3.63) is 46.6 Å². The Morgan fingerprint density at radius 1 is 1.16 bits per heavy atom. The molecule has 0 bridgehead atoms. The maximum atomic E-state index is 4.30. The standard InChI is InChI=1S/C14H11BrN4/c15-11-3-4-13-17-18-14(19(13)8-11)10-2-1-9-5-6-16-12(9)7-10/h1-4,7-8,16H,5-6H2. The summed E-state index contributed by atoms with van der Waals surface area (Å²) in [5, 5.41) is 11.9. The first kappa shape index (κ1) is 11.0. The normalized spacial score (nSPS) is 13.5. The molecule has 5 heteroatoms. The summed E-state index contributed by atoms with van der Waals surface area (Å²) in [5.41, 5.74) is 4.52. The summed E-state index contributed by atoms with van der Waals surface area (Å²) < 4.78 is 3.01. The lowest BCUT2D eigenvalue weighted by Gasteiger charge is -2.04. The second kappa shape index (κ2) is 4.06. The molecule has 1 aromatic carbocycles. The third kappa shape index (κ3) is 1.73. The lowest BCUT2D eigenvalue weighted by Crippen LogP contribution is -1.92. The van der Waals surface area contributed by atoms with Gasteiger partial charge >= 0.3 is 0 Å². The highest BCUT2D eigenvalue weighted by atomic mass is 79.9. The van der Waals surface area contributed by atoms with Gasteiger partial charge in [-0.1, -0.05) is 12.1 Å². The largest absolute Gasteiger partial charge is 0.384 e. The first-order valence-corrected chi connectivity index (χ1v) is 6.98. The number of aromatic nitrogens is 3. The van der Waals surface area contributed by atoms with Crippen LogP contribution in [0.5, 0.6) is 0 Å². The van der Waals surface area contributed by atoms with Gasteiger partial charge in [0.05, 0.1) is 0 Å². The van der Waals surface area contributed by atoms with Crippen LogP contribution in [0.1, 0.15) is 5.56 Å². The zero-order valence-corrected chi connectivity index (χ0v) is 11.7. The smallest absolute Gasteiger partial charge is 0.168 e. The van der Waals surface area contributed by atoms with Crippen LogP contribution >= 0.6 is 15.9 Å². The minimum absolute atomic E-state index is 0.853. The van der Waals surface area contributed by atoms with Crippen LogP contribution < -0.4 is 5.32 Å². The number of anilines is 1. The van der Waals surface area contributed by atoms with E-state index in [4.69, 9.17) is 0 Å². The van der Waals surface area contributed by atoms with Crippen molar-refractivity contribution in [1.82, 2.24) is 14.6 Å². The van der Waals surface area contributed by atoms with E-state index in [1.54, 1.807) is 0 Å². The number of rotatable bonds is 1. The van der Waals surface area contributed by atoms with E-state index in [0.717, 1.165) is 34.5 Å². The molecular formula is C14H11BrN4. The molecule has 94 valence electrons. The molecule has 4 nitrogen and oxygen atoms in total. The van der Waals surface area contributed by atoms with E-state index < -0.39 is 0 Å². The lowest BCUT2D eigenvalue weighted by molar-refractivity contribution is 1.10. The van der Waals surface area contributed by atoms with Crippen LogP contribution in [0, 0.1) is 0 Å². The van der Waals surface area contributed by atoms with Crippen LogP contribution in [0.2, 0.25) is 0 Å². The summed E-state index contributed by atoms with van der Waals surface area (Å²) in [7, 11) is 0. The fourth-order valence-electron chi connectivity index (χ4n) is 2.49. The molecule has 0 spiro atoms. The van der Waals surface area contributed by atoms with Gasteiger partial charge in [-0.3, -0.25) is 4.40 Å². The highest BCUT2D eigenvalue weighted by Crippen LogP contribution is 2.28. The van der Waals surface area contributed by atoms with Crippen LogP contribution in [0.4, 0.5) is 5.69 Å². The monoisotopic (exact) mass is 314 g/mol. The van der Waals surface area contributed by atoms with E-state index >= 15 is 0 Å². The summed E-state index contributed by atoms with van der Waals surface area (Å²) in [6, 6.07) is 10.4. The molecule has 0 aliphatic carbocycles. The quantitative estimate of drug-likeness (QED) is 0.750. The van der Waals surface area contributed by atoms with Gasteiger partial charge in [0.15, 0.2) is 11.5 Å². The van der Waals surface area contributed by atoms with E-state index in [9.17, 15) is 0 Å². The van der Waals surface area contributed by atoms with E-state index in [2.05, 4.69) is 49.6 Å². The second-order valence-electron chi connectivity index (χ2n) is 4.65. The van der Waals surface area contributed by atoms with Crippen molar-refractivity contribution in [2.75, 3.05) is 11.9 Å². The Morgan fingerprint density at radius 2 is 2.11 bits per heavy atom. The minimum Gasteiger partial charge on any atom is -0.384 e. The van der Waals surface area contributed by atoms with Crippen LogP contribution in [0.15, 0.2) is 41.0 Å². The molecule has 2 aromatic heterocycles. The molecule has 0 atom stereocenters. The Hall–Kier alpha value is -1.88. The average molecular weight is 315 g/mol. The Bertz CT molecular complexity index is 778. The number of nitrogens with one attached hydrogen (secondary N) is 1. The van der Waals surface area contributed by atoms with Crippen LogP contribution in [0.3, 0.4) is 0 Å². The summed E-state index contributed by atoms with van der Waals surface area (Å²) in [6.07, 6.45) is 3.09. The van der Waals surface area contributed by atoms with Gasteiger partial charge in [0.25, 0.3) is 0 Å². The van der Waals surface area contributed by atoms with Gasteiger partial charge in [-0.05, 0) is 46.1 Å². The number of halogens is 1. The molecule has 0 amide bonds. The molecule has 1 aliphatic heterocycles. The fourth-order valence-corrected chi connectivity index (χ4v) is 2.83. The lowest BCUT2D eigenvalue weighted by atomic mass is 10.1. The Morgan fingerprint density at radius 3 is 3.05 bits per heavy atom. The maximum absolute atomic E-state index is 4.30. The number of hydrogen-bond acceptors (Lipinski definition) is 3. The topological polar surface area (TPSA) is 42.2 Å².